The second-order valence-electron chi connectivity index (χ2n) is 3.98. The van der Waals surface area contributed by atoms with Crippen LogP contribution >= 0.6 is 0 Å². The number of carbonyl (C=O) groups is 1. The van der Waals surface area contributed by atoms with Gasteiger partial charge in [-0.3, -0.25) is 14.9 Å². The van der Waals surface area contributed by atoms with E-state index in [1.807, 2.05) is 13.0 Å². The van der Waals surface area contributed by atoms with Gasteiger partial charge in [0.15, 0.2) is 0 Å². The fourth-order valence-electron chi connectivity index (χ4n) is 1.92. The van der Waals surface area contributed by atoms with Crippen LogP contribution < -0.4 is 4.90 Å². The first-order chi connectivity index (χ1) is 8.00. The molecule has 1 heterocycles. The number of fused-ring (bicyclic) bond motifs is 1. The molecule has 0 spiro atoms. The molecule has 88 valence electrons. The van der Waals surface area contributed by atoms with Gasteiger partial charge >= 0.3 is 0 Å². The fourth-order valence-corrected chi connectivity index (χ4v) is 1.92. The van der Waals surface area contributed by atoms with Gasteiger partial charge in [-0.15, -0.1) is 0 Å². The summed E-state index contributed by atoms with van der Waals surface area (Å²) in [6.07, 6.45) is 1.90. The number of nitrogens with zero attached hydrogens (tertiary/aromatic N) is 2. The van der Waals surface area contributed by atoms with Crippen molar-refractivity contribution in [1.82, 2.24) is 0 Å². The predicted octanol–water partition coefficient (Wildman–Crippen LogP) is 2.36. The van der Waals surface area contributed by atoms with Crippen molar-refractivity contribution >= 4 is 22.9 Å². The van der Waals surface area contributed by atoms with Crippen molar-refractivity contribution in [2.24, 2.45) is 0 Å². The van der Waals surface area contributed by atoms with Crippen molar-refractivity contribution in [3.05, 3.63) is 40.0 Å². The minimum absolute atomic E-state index is 0.0434. The van der Waals surface area contributed by atoms with Crippen LogP contribution in [0, 0.1) is 10.1 Å². The van der Waals surface area contributed by atoms with Gasteiger partial charge in [-0.2, -0.15) is 0 Å². The Morgan fingerprint density at radius 3 is 2.76 bits per heavy atom. The smallest absolute Gasteiger partial charge is 0.270 e. The molecule has 0 saturated heterocycles. The number of non-ortho nitro benzene ring substituents is 1. The van der Waals surface area contributed by atoms with Gasteiger partial charge in [0.25, 0.3) is 5.69 Å². The zero-order valence-electron chi connectivity index (χ0n) is 9.64. The van der Waals surface area contributed by atoms with E-state index in [1.54, 1.807) is 11.0 Å². The lowest BCUT2D eigenvalue weighted by Gasteiger charge is -2.27. The molecule has 0 aliphatic carbocycles. The Bertz CT molecular complexity index is 535. The van der Waals surface area contributed by atoms with E-state index in [1.165, 1.54) is 19.1 Å². The number of rotatable bonds is 1. The first-order valence-electron chi connectivity index (χ1n) is 5.24. The van der Waals surface area contributed by atoms with Gasteiger partial charge in [-0.05, 0) is 18.6 Å². The summed E-state index contributed by atoms with van der Waals surface area (Å²) in [7, 11) is 0. The second-order valence-corrected chi connectivity index (χ2v) is 3.98. The molecule has 1 amide bonds. The third kappa shape index (κ3) is 1.91. The normalized spacial score (nSPS) is 14.0. The fraction of sp³-hybridized carbons (Fsp3) is 0.250. The van der Waals surface area contributed by atoms with Crippen molar-refractivity contribution in [1.29, 1.82) is 0 Å². The number of anilines is 1. The zero-order valence-corrected chi connectivity index (χ0v) is 9.64. The van der Waals surface area contributed by atoms with E-state index < -0.39 is 4.92 Å². The quantitative estimate of drug-likeness (QED) is 0.551. The lowest BCUT2D eigenvalue weighted by Crippen LogP contribution is -2.31. The van der Waals surface area contributed by atoms with E-state index in [0.29, 0.717) is 6.54 Å². The molecule has 0 atom stereocenters. The van der Waals surface area contributed by atoms with E-state index in [9.17, 15) is 14.9 Å². The largest absolute Gasteiger partial charge is 0.308 e. The molecule has 5 heteroatoms. The molecule has 0 saturated carbocycles. The monoisotopic (exact) mass is 232 g/mol. The van der Waals surface area contributed by atoms with Crippen LogP contribution in [0.15, 0.2) is 24.3 Å². The molecule has 0 N–H and O–H groups in total. The third-order valence-electron chi connectivity index (χ3n) is 2.87. The van der Waals surface area contributed by atoms with E-state index in [0.717, 1.165) is 16.8 Å². The summed E-state index contributed by atoms with van der Waals surface area (Å²) in [5.41, 5.74) is 2.49. The number of nitro benzene ring substituents is 1. The molecule has 0 aromatic heterocycles. The van der Waals surface area contributed by atoms with Crippen molar-refractivity contribution in [2.45, 2.75) is 13.8 Å². The molecule has 2 rings (SSSR count). The van der Waals surface area contributed by atoms with Crippen LogP contribution in [-0.4, -0.2) is 17.4 Å². The van der Waals surface area contributed by atoms with Crippen molar-refractivity contribution in [3.63, 3.8) is 0 Å². The van der Waals surface area contributed by atoms with Gasteiger partial charge in [0.2, 0.25) is 5.91 Å². The predicted molar refractivity (Wildman–Crippen MR) is 64.8 cm³/mol. The summed E-state index contributed by atoms with van der Waals surface area (Å²) in [4.78, 5) is 23.3. The molecule has 1 aromatic carbocycles. The van der Waals surface area contributed by atoms with E-state index in [-0.39, 0.29) is 11.6 Å². The Hall–Kier alpha value is -2.17. The van der Waals surface area contributed by atoms with E-state index >= 15 is 0 Å². The highest BCUT2D eigenvalue weighted by Gasteiger charge is 2.21. The first-order valence-corrected chi connectivity index (χ1v) is 5.24. The Balaban J connectivity index is 2.57. The molecular weight excluding hydrogens is 220 g/mol. The minimum atomic E-state index is -0.430. The Labute approximate surface area is 98.5 Å². The van der Waals surface area contributed by atoms with Crippen LogP contribution in [0.4, 0.5) is 11.4 Å². The molecule has 0 fully saturated rings. The van der Waals surface area contributed by atoms with Crippen LogP contribution in [0.3, 0.4) is 0 Å². The average molecular weight is 232 g/mol. The molecule has 0 radical (unpaired) electrons. The molecule has 0 bridgehead atoms. The van der Waals surface area contributed by atoms with Gasteiger partial charge < -0.3 is 4.90 Å². The Morgan fingerprint density at radius 1 is 1.47 bits per heavy atom. The van der Waals surface area contributed by atoms with Gasteiger partial charge in [-0.1, -0.05) is 6.08 Å². The molecule has 5 nitrogen and oxygen atoms in total. The third-order valence-corrected chi connectivity index (χ3v) is 2.87. The molecule has 0 unspecified atom stereocenters. The number of carbonyl (C=O) groups excluding carboxylic acids is 1. The topological polar surface area (TPSA) is 63.5 Å². The standard InChI is InChI=1S/C12H12N2O3/c1-8-5-6-13(9(2)15)12-4-3-10(14(16)17)7-11(8)12/h3-5,7H,6H2,1-2H3. The Kier molecular flexibility index (Phi) is 2.67. The van der Waals surface area contributed by atoms with Crippen LogP contribution in [0.25, 0.3) is 5.57 Å². The maximum absolute atomic E-state index is 11.4. The van der Waals surface area contributed by atoms with Crippen molar-refractivity contribution < 1.29 is 9.72 Å². The summed E-state index contributed by atoms with van der Waals surface area (Å²) in [6, 6.07) is 4.56. The summed E-state index contributed by atoms with van der Waals surface area (Å²) in [6.45, 7) is 3.89. The van der Waals surface area contributed by atoms with Gasteiger partial charge in [0.1, 0.15) is 0 Å². The van der Waals surface area contributed by atoms with Crippen LogP contribution in [0.2, 0.25) is 0 Å². The molecular formula is C12H12N2O3. The van der Waals surface area contributed by atoms with Crippen LogP contribution in [0.1, 0.15) is 19.4 Å². The lowest BCUT2D eigenvalue weighted by atomic mass is 9.99. The number of amides is 1. The second kappa shape index (κ2) is 4.01. The maximum Gasteiger partial charge on any atom is 0.270 e. The summed E-state index contributed by atoms with van der Waals surface area (Å²) in [5, 5.41) is 10.7. The lowest BCUT2D eigenvalue weighted by molar-refractivity contribution is -0.384. The SMILES string of the molecule is CC(=O)N1CC=C(C)c2cc([N+](=O)[O-])ccc21. The zero-order chi connectivity index (χ0) is 12.6. The highest BCUT2D eigenvalue weighted by Crippen LogP contribution is 2.33. The van der Waals surface area contributed by atoms with Gasteiger partial charge in [0.05, 0.1) is 10.6 Å². The number of nitro groups is 1. The number of hydrogen-bond donors (Lipinski definition) is 0. The first kappa shape index (κ1) is 11.3. The highest BCUT2D eigenvalue weighted by atomic mass is 16.6. The maximum atomic E-state index is 11.4. The van der Waals surface area contributed by atoms with E-state index in [2.05, 4.69) is 0 Å². The summed E-state index contributed by atoms with van der Waals surface area (Å²) >= 11 is 0. The van der Waals surface area contributed by atoms with Crippen LogP contribution in [-0.2, 0) is 4.79 Å². The summed E-state index contributed by atoms with van der Waals surface area (Å²) in [5.74, 6) is -0.0659. The summed E-state index contributed by atoms with van der Waals surface area (Å²) < 4.78 is 0. The van der Waals surface area contributed by atoms with Crippen molar-refractivity contribution in [2.75, 3.05) is 11.4 Å². The number of hydrogen-bond acceptors (Lipinski definition) is 3. The van der Waals surface area contributed by atoms with Gasteiger partial charge in [0, 0.05) is 31.2 Å². The molecule has 1 aliphatic heterocycles. The highest BCUT2D eigenvalue weighted by molar-refractivity contribution is 5.97. The molecule has 1 aromatic rings. The number of allylic oxidation sites excluding steroid dienone is 1. The molecule has 17 heavy (non-hydrogen) atoms. The van der Waals surface area contributed by atoms with Crippen LogP contribution in [0.5, 0.6) is 0 Å². The van der Waals surface area contributed by atoms with Gasteiger partial charge in [-0.25, -0.2) is 0 Å². The van der Waals surface area contributed by atoms with E-state index in [4.69, 9.17) is 0 Å². The average Bonchev–Trinajstić information content (AvgIpc) is 2.28. The van der Waals surface area contributed by atoms with Crippen molar-refractivity contribution in [3.8, 4) is 0 Å². The number of benzene rings is 1. The Morgan fingerprint density at radius 2 is 2.18 bits per heavy atom. The minimum Gasteiger partial charge on any atom is -0.308 e. The molecule has 1 aliphatic rings.